The SMILES string of the molecule is CN=C(NCc1cccc(C)n1)N(C)CCOCC1CC1.I. The molecular formula is C16H27IN4O. The Morgan fingerprint density at radius 3 is 2.86 bits per heavy atom. The number of aryl methyl sites for hydroxylation is 1. The lowest BCUT2D eigenvalue weighted by Crippen LogP contribution is -2.40. The largest absolute Gasteiger partial charge is 0.379 e. The van der Waals surface area contributed by atoms with Crippen LogP contribution >= 0.6 is 24.0 Å². The van der Waals surface area contributed by atoms with Crippen LogP contribution in [0.5, 0.6) is 0 Å². The quantitative estimate of drug-likeness (QED) is 0.320. The van der Waals surface area contributed by atoms with E-state index in [1.807, 2.05) is 32.2 Å². The van der Waals surface area contributed by atoms with Gasteiger partial charge in [0.2, 0.25) is 0 Å². The average molecular weight is 418 g/mol. The number of aliphatic imine (C=N–C) groups is 1. The molecule has 1 N–H and O–H groups in total. The van der Waals surface area contributed by atoms with Gasteiger partial charge in [0.25, 0.3) is 0 Å². The molecule has 2 rings (SSSR count). The molecule has 0 spiro atoms. The number of hydrogen-bond acceptors (Lipinski definition) is 3. The fraction of sp³-hybridized carbons (Fsp3) is 0.625. The first-order chi connectivity index (χ1) is 10.2. The highest BCUT2D eigenvalue weighted by Crippen LogP contribution is 2.28. The molecule has 1 aromatic heterocycles. The second-order valence-corrected chi connectivity index (χ2v) is 5.61. The zero-order chi connectivity index (χ0) is 15.1. The molecule has 124 valence electrons. The molecule has 5 nitrogen and oxygen atoms in total. The van der Waals surface area contributed by atoms with Crippen LogP contribution in [0, 0.1) is 12.8 Å². The highest BCUT2D eigenvalue weighted by Gasteiger charge is 2.21. The third-order valence-electron chi connectivity index (χ3n) is 3.57. The van der Waals surface area contributed by atoms with E-state index in [0.29, 0.717) is 6.54 Å². The number of ether oxygens (including phenoxy) is 1. The smallest absolute Gasteiger partial charge is 0.193 e. The van der Waals surface area contributed by atoms with Gasteiger partial charge in [-0.3, -0.25) is 9.98 Å². The number of aromatic nitrogens is 1. The van der Waals surface area contributed by atoms with Crippen molar-refractivity contribution in [1.82, 2.24) is 15.2 Å². The fourth-order valence-electron chi connectivity index (χ4n) is 2.09. The Labute approximate surface area is 150 Å². The summed E-state index contributed by atoms with van der Waals surface area (Å²) >= 11 is 0. The molecule has 6 heteroatoms. The Morgan fingerprint density at radius 2 is 2.23 bits per heavy atom. The van der Waals surface area contributed by atoms with Gasteiger partial charge in [-0.2, -0.15) is 0 Å². The predicted molar refractivity (Wildman–Crippen MR) is 101 cm³/mol. The molecule has 0 radical (unpaired) electrons. The van der Waals surface area contributed by atoms with Gasteiger partial charge in [-0.05, 0) is 37.8 Å². The summed E-state index contributed by atoms with van der Waals surface area (Å²) in [6.07, 6.45) is 2.67. The van der Waals surface area contributed by atoms with Crippen molar-refractivity contribution in [3.8, 4) is 0 Å². The van der Waals surface area contributed by atoms with E-state index in [-0.39, 0.29) is 24.0 Å². The Kier molecular flexibility index (Phi) is 8.70. The summed E-state index contributed by atoms with van der Waals surface area (Å²) in [5.74, 6) is 1.69. The van der Waals surface area contributed by atoms with Crippen molar-refractivity contribution >= 4 is 29.9 Å². The van der Waals surface area contributed by atoms with Gasteiger partial charge in [-0.1, -0.05) is 6.07 Å². The summed E-state index contributed by atoms with van der Waals surface area (Å²) < 4.78 is 5.66. The molecule has 1 aliphatic carbocycles. The number of nitrogens with zero attached hydrogens (tertiary/aromatic N) is 3. The molecule has 22 heavy (non-hydrogen) atoms. The van der Waals surface area contributed by atoms with E-state index >= 15 is 0 Å². The molecule has 1 saturated carbocycles. The van der Waals surface area contributed by atoms with Crippen molar-refractivity contribution in [2.75, 3.05) is 33.9 Å². The van der Waals surface area contributed by atoms with Gasteiger partial charge in [-0.15, -0.1) is 24.0 Å². The minimum Gasteiger partial charge on any atom is -0.379 e. The van der Waals surface area contributed by atoms with Crippen molar-refractivity contribution < 1.29 is 4.74 Å². The molecule has 0 aromatic carbocycles. The number of hydrogen-bond donors (Lipinski definition) is 1. The van der Waals surface area contributed by atoms with Crippen molar-refractivity contribution in [3.63, 3.8) is 0 Å². The maximum Gasteiger partial charge on any atom is 0.193 e. The van der Waals surface area contributed by atoms with Crippen LogP contribution in [0.1, 0.15) is 24.2 Å². The third-order valence-corrected chi connectivity index (χ3v) is 3.57. The lowest BCUT2D eigenvalue weighted by atomic mass is 10.3. The van der Waals surface area contributed by atoms with Crippen LogP contribution in [-0.2, 0) is 11.3 Å². The summed E-state index contributed by atoms with van der Waals surface area (Å²) in [5, 5.41) is 3.33. The van der Waals surface area contributed by atoms with Gasteiger partial charge in [0.15, 0.2) is 5.96 Å². The standard InChI is InChI=1S/C16H26N4O.HI/c1-13-5-4-6-15(19-13)11-18-16(17-2)20(3)9-10-21-12-14-7-8-14;/h4-6,14H,7-12H2,1-3H3,(H,17,18);1H. The van der Waals surface area contributed by atoms with Crippen LogP contribution in [0.25, 0.3) is 0 Å². The normalized spacial score (nSPS) is 14.4. The zero-order valence-corrected chi connectivity index (χ0v) is 16.0. The van der Waals surface area contributed by atoms with E-state index in [9.17, 15) is 0 Å². The monoisotopic (exact) mass is 418 g/mol. The predicted octanol–water partition coefficient (Wildman–Crippen LogP) is 2.44. The van der Waals surface area contributed by atoms with E-state index in [0.717, 1.165) is 43.0 Å². The Bertz CT molecular complexity index is 477. The third kappa shape index (κ3) is 6.91. The molecule has 0 amide bonds. The molecule has 0 bridgehead atoms. The topological polar surface area (TPSA) is 49.8 Å². The first kappa shape index (κ1) is 19.2. The van der Waals surface area contributed by atoms with Gasteiger partial charge in [-0.25, -0.2) is 0 Å². The molecule has 0 aliphatic heterocycles. The Hall–Kier alpha value is -0.890. The van der Waals surface area contributed by atoms with E-state index in [2.05, 4.69) is 20.2 Å². The van der Waals surface area contributed by atoms with Gasteiger partial charge in [0.05, 0.1) is 18.8 Å². The van der Waals surface area contributed by atoms with Crippen molar-refractivity contribution in [1.29, 1.82) is 0 Å². The van der Waals surface area contributed by atoms with Crippen LogP contribution in [0.15, 0.2) is 23.2 Å². The molecule has 1 aromatic rings. The number of nitrogens with one attached hydrogen (secondary N) is 1. The van der Waals surface area contributed by atoms with Gasteiger partial charge >= 0.3 is 0 Å². The fourth-order valence-corrected chi connectivity index (χ4v) is 2.09. The zero-order valence-electron chi connectivity index (χ0n) is 13.7. The van der Waals surface area contributed by atoms with Crippen molar-refractivity contribution in [2.24, 2.45) is 10.9 Å². The van der Waals surface area contributed by atoms with E-state index in [4.69, 9.17) is 4.74 Å². The van der Waals surface area contributed by atoms with Gasteiger partial charge in [0, 0.05) is 32.9 Å². The molecule has 0 unspecified atom stereocenters. The lowest BCUT2D eigenvalue weighted by molar-refractivity contribution is 0.115. The number of likely N-dealkylation sites (N-methyl/N-ethyl adjacent to an activating group) is 1. The number of pyridine rings is 1. The second kappa shape index (κ2) is 9.99. The molecule has 0 saturated heterocycles. The summed E-state index contributed by atoms with van der Waals surface area (Å²) in [6, 6.07) is 6.05. The average Bonchev–Trinajstić information content (AvgIpc) is 3.28. The maximum atomic E-state index is 5.66. The minimum absolute atomic E-state index is 0. The Morgan fingerprint density at radius 1 is 1.45 bits per heavy atom. The molecule has 0 atom stereocenters. The lowest BCUT2D eigenvalue weighted by Gasteiger charge is -2.22. The summed E-state index contributed by atoms with van der Waals surface area (Å²) in [4.78, 5) is 10.9. The van der Waals surface area contributed by atoms with Crippen molar-refractivity contribution in [2.45, 2.75) is 26.3 Å². The van der Waals surface area contributed by atoms with Gasteiger partial charge in [0.1, 0.15) is 0 Å². The summed E-state index contributed by atoms with van der Waals surface area (Å²) in [6.45, 7) is 5.18. The van der Waals surface area contributed by atoms with Crippen LogP contribution in [0.3, 0.4) is 0 Å². The molecule has 1 heterocycles. The molecule has 1 aliphatic rings. The molecular weight excluding hydrogens is 391 g/mol. The highest BCUT2D eigenvalue weighted by atomic mass is 127. The Balaban J connectivity index is 0.00000242. The van der Waals surface area contributed by atoms with E-state index in [1.54, 1.807) is 7.05 Å². The van der Waals surface area contributed by atoms with E-state index < -0.39 is 0 Å². The van der Waals surface area contributed by atoms with Crippen LogP contribution in [0.4, 0.5) is 0 Å². The second-order valence-electron chi connectivity index (χ2n) is 5.61. The number of rotatable bonds is 7. The first-order valence-electron chi connectivity index (χ1n) is 7.61. The maximum absolute atomic E-state index is 5.66. The van der Waals surface area contributed by atoms with Crippen LogP contribution < -0.4 is 5.32 Å². The van der Waals surface area contributed by atoms with Crippen LogP contribution in [-0.4, -0.2) is 49.7 Å². The highest BCUT2D eigenvalue weighted by molar-refractivity contribution is 14.0. The summed E-state index contributed by atoms with van der Waals surface area (Å²) in [5.41, 5.74) is 2.06. The van der Waals surface area contributed by atoms with Gasteiger partial charge < -0.3 is 15.0 Å². The number of halogens is 1. The first-order valence-corrected chi connectivity index (χ1v) is 7.61. The van der Waals surface area contributed by atoms with E-state index in [1.165, 1.54) is 12.8 Å². The number of guanidine groups is 1. The van der Waals surface area contributed by atoms with Crippen LogP contribution in [0.2, 0.25) is 0 Å². The molecule has 1 fully saturated rings. The summed E-state index contributed by atoms with van der Waals surface area (Å²) in [7, 11) is 3.83. The minimum atomic E-state index is 0. The van der Waals surface area contributed by atoms with Crippen molar-refractivity contribution in [3.05, 3.63) is 29.6 Å².